The van der Waals surface area contributed by atoms with Gasteiger partial charge in [0, 0.05) is 13.1 Å². The molecule has 0 saturated carbocycles. The standard InChI is InChI=1S/2C5H17NO12P4.H3N/c2*1-2-3-6(4(19(7,8)9)20(10,11)12)5(21(13,14)15)22(16,17)18;/h2*4-5H,2-3H2,1H3,(H2,7,8,9)(H2,10,11,12)(H2,13,14,15)(H2,16,17,18);1H3. The van der Waals surface area contributed by atoms with Crippen molar-refractivity contribution in [2.75, 3.05) is 13.1 Å². The largest absolute Gasteiger partial charge is 0.355 e. The Bertz CT molecular complexity index is 1050. The van der Waals surface area contributed by atoms with Crippen LogP contribution in [0.1, 0.15) is 26.7 Å². The Labute approximate surface area is 253 Å². The molecule has 27 nitrogen and oxygen atoms in total. The number of hydrogen-bond acceptors (Lipinski definition) is 11. The van der Waals surface area contributed by atoms with Gasteiger partial charge in [0.25, 0.3) is 0 Å². The van der Waals surface area contributed by atoms with Crippen LogP contribution in [0.4, 0.5) is 0 Å². The monoisotopic (exact) mass is 831 g/mol. The van der Waals surface area contributed by atoms with E-state index in [0.717, 1.165) is 0 Å². The van der Waals surface area contributed by atoms with Gasteiger partial charge >= 0.3 is 60.8 Å². The van der Waals surface area contributed by atoms with Gasteiger partial charge in [-0.2, -0.15) is 0 Å². The Morgan fingerprint density at radius 3 is 0.533 bits per heavy atom. The Morgan fingerprint density at radius 2 is 0.467 bits per heavy atom. The molecule has 0 atom stereocenters. The second-order valence-corrected chi connectivity index (χ2v) is 23.5. The quantitative estimate of drug-likeness (QED) is 0.0756. The zero-order valence-corrected chi connectivity index (χ0v) is 29.9. The highest BCUT2D eigenvalue weighted by Crippen LogP contribution is 2.70. The number of rotatable bonds is 16. The summed E-state index contributed by atoms with van der Waals surface area (Å²) in [5, 5.41) is 0. The SMILES string of the molecule is CCCN(C(P(=O)(O)O)P(=O)(O)O)C(P(=O)(O)O)P(=O)(O)O.CCCN(C(P(=O)(O)O)P(=O)(O)O)C(P(=O)(O)O)P(=O)(O)O.N. The molecule has 0 bridgehead atoms. The van der Waals surface area contributed by atoms with Gasteiger partial charge in [-0.05, 0) is 12.8 Å². The molecule has 0 aliphatic heterocycles. The van der Waals surface area contributed by atoms with Gasteiger partial charge in [-0.15, -0.1) is 0 Å². The molecule has 0 radical (unpaired) electrons. The van der Waals surface area contributed by atoms with Crippen molar-refractivity contribution in [2.24, 2.45) is 0 Å². The van der Waals surface area contributed by atoms with Crippen LogP contribution < -0.4 is 6.15 Å². The lowest BCUT2D eigenvalue weighted by atomic mass is 10.5. The van der Waals surface area contributed by atoms with Crippen LogP contribution in [0.25, 0.3) is 0 Å². The highest BCUT2D eigenvalue weighted by molar-refractivity contribution is 7.73. The molecule has 0 rings (SSSR count). The Hall–Kier alpha value is 1.08. The van der Waals surface area contributed by atoms with E-state index in [9.17, 15) is 36.5 Å². The van der Waals surface area contributed by atoms with Gasteiger partial charge in [-0.3, -0.25) is 46.3 Å². The van der Waals surface area contributed by atoms with Crippen molar-refractivity contribution < 1.29 is 115 Å². The van der Waals surface area contributed by atoms with Crippen LogP contribution in [-0.2, 0) is 36.5 Å². The molecular weight excluding hydrogens is 794 g/mol. The second kappa shape index (κ2) is 17.3. The van der Waals surface area contributed by atoms with Gasteiger partial charge in [0.2, 0.25) is 22.1 Å². The number of nitrogens with zero attached hydrogens (tertiary/aromatic N) is 2. The molecule has 0 aliphatic carbocycles. The van der Waals surface area contributed by atoms with Gasteiger partial charge in [0.15, 0.2) is 0 Å². The van der Waals surface area contributed by atoms with Crippen LogP contribution >= 0.6 is 60.8 Å². The molecule has 0 aliphatic rings. The second-order valence-electron chi connectivity index (χ2n) is 8.57. The maximum atomic E-state index is 11.3. The summed E-state index contributed by atoms with van der Waals surface area (Å²) >= 11 is 0. The van der Waals surface area contributed by atoms with E-state index < -0.39 is 96.0 Å². The third kappa shape index (κ3) is 16.6. The van der Waals surface area contributed by atoms with Crippen LogP contribution in [0.15, 0.2) is 0 Å². The van der Waals surface area contributed by atoms with E-state index in [-0.39, 0.29) is 28.8 Å². The topological polar surface area (TPSA) is 502 Å². The fraction of sp³-hybridized carbons (Fsp3) is 1.00. The van der Waals surface area contributed by atoms with Crippen molar-refractivity contribution in [2.45, 2.75) is 48.8 Å². The van der Waals surface area contributed by atoms with Crippen molar-refractivity contribution >= 4 is 60.8 Å². The molecule has 19 N–H and O–H groups in total. The number of hydrogen-bond donors (Lipinski definition) is 17. The summed E-state index contributed by atoms with van der Waals surface area (Å²) in [4.78, 5) is 145. The third-order valence-corrected chi connectivity index (χ3v) is 19.0. The molecule has 0 fully saturated rings. The minimum atomic E-state index is -5.70. The fourth-order valence-electron chi connectivity index (χ4n) is 3.55. The van der Waals surface area contributed by atoms with Crippen molar-refractivity contribution in [3.05, 3.63) is 0 Å². The summed E-state index contributed by atoms with van der Waals surface area (Å²) in [6.07, 6.45) is -0.319. The van der Waals surface area contributed by atoms with Crippen molar-refractivity contribution in [3.63, 3.8) is 0 Å². The summed E-state index contributed by atoms with van der Waals surface area (Å²) < 4.78 is 90.5. The summed E-state index contributed by atoms with van der Waals surface area (Å²) in [6, 6.07) is 0. The highest BCUT2D eigenvalue weighted by Gasteiger charge is 2.59. The molecule has 35 heteroatoms. The van der Waals surface area contributed by atoms with Crippen LogP contribution in [0.3, 0.4) is 0 Å². The first-order chi connectivity index (χ1) is 18.9. The normalized spacial score (nSPS) is 14.8. The molecule has 0 aromatic rings. The van der Waals surface area contributed by atoms with E-state index in [1.165, 1.54) is 13.8 Å². The lowest BCUT2D eigenvalue weighted by molar-refractivity contribution is 0.197. The van der Waals surface area contributed by atoms with Gasteiger partial charge < -0.3 is 84.4 Å². The molecular formula is C10H37N3O24P8. The van der Waals surface area contributed by atoms with E-state index in [1.54, 1.807) is 0 Å². The highest BCUT2D eigenvalue weighted by atomic mass is 31.3. The summed E-state index contributed by atoms with van der Waals surface area (Å²) in [5.41, 5.74) is -12.4. The Balaban J connectivity index is -0.000000767. The average Bonchev–Trinajstić information content (AvgIpc) is 2.59. The zero-order valence-electron chi connectivity index (χ0n) is 22.7. The van der Waals surface area contributed by atoms with Crippen LogP contribution in [0, 0.1) is 0 Å². The molecule has 0 spiro atoms. The maximum Gasteiger partial charge on any atom is 0.355 e. The van der Waals surface area contributed by atoms with E-state index >= 15 is 0 Å². The maximum absolute atomic E-state index is 11.3. The minimum absolute atomic E-state index is 0. The predicted molar refractivity (Wildman–Crippen MR) is 151 cm³/mol. The van der Waals surface area contributed by atoms with Crippen molar-refractivity contribution in [3.8, 4) is 0 Å². The average molecular weight is 831 g/mol. The van der Waals surface area contributed by atoms with E-state index in [0.29, 0.717) is 0 Å². The van der Waals surface area contributed by atoms with E-state index in [4.69, 9.17) is 78.3 Å². The predicted octanol–water partition coefficient (Wildman–Crippen LogP) is -1.89. The van der Waals surface area contributed by atoms with Gasteiger partial charge in [-0.1, -0.05) is 13.8 Å². The zero-order chi connectivity index (χ0) is 36.3. The fourth-order valence-corrected chi connectivity index (χ4v) is 15.7. The van der Waals surface area contributed by atoms with Crippen LogP contribution in [-0.4, -0.2) is 123 Å². The van der Waals surface area contributed by atoms with Gasteiger partial charge in [-0.25, -0.2) is 0 Å². The van der Waals surface area contributed by atoms with Crippen LogP contribution in [0.5, 0.6) is 0 Å². The van der Waals surface area contributed by atoms with Crippen molar-refractivity contribution in [1.29, 1.82) is 0 Å². The molecule has 0 saturated heterocycles. The van der Waals surface area contributed by atoms with Crippen molar-refractivity contribution in [1.82, 2.24) is 16.0 Å². The smallest absolute Gasteiger partial charge is 0.344 e. The molecule has 0 amide bonds. The molecule has 0 aromatic heterocycles. The first-order valence-corrected chi connectivity index (χ1v) is 24.3. The van der Waals surface area contributed by atoms with Gasteiger partial charge in [0.05, 0.1) is 0 Å². The molecule has 45 heavy (non-hydrogen) atoms. The van der Waals surface area contributed by atoms with Crippen LogP contribution in [0.2, 0.25) is 0 Å². The summed E-state index contributed by atoms with van der Waals surface area (Å²) in [5.74, 6) is 0. The summed E-state index contributed by atoms with van der Waals surface area (Å²) in [6.45, 7) is 1.03. The minimum Gasteiger partial charge on any atom is -0.344 e. The molecule has 0 unspecified atom stereocenters. The van der Waals surface area contributed by atoms with Gasteiger partial charge in [0.1, 0.15) is 0 Å². The lowest BCUT2D eigenvalue weighted by Crippen LogP contribution is -2.43. The molecule has 0 heterocycles. The first-order valence-electron chi connectivity index (χ1n) is 10.8. The lowest BCUT2D eigenvalue weighted by Gasteiger charge is -2.37. The van der Waals surface area contributed by atoms with E-state index in [2.05, 4.69) is 0 Å². The van der Waals surface area contributed by atoms with E-state index in [1.807, 2.05) is 0 Å². The summed E-state index contributed by atoms with van der Waals surface area (Å²) in [7, 11) is -45.6. The molecule has 0 aromatic carbocycles. The molecule has 276 valence electrons. The Kier molecular flexibility index (Phi) is 19.4. The third-order valence-electron chi connectivity index (χ3n) is 4.56. The Morgan fingerprint density at radius 1 is 0.356 bits per heavy atom. The first kappa shape index (κ1) is 50.5.